The maximum Gasteiger partial charge on any atom is 0.0417 e. The van der Waals surface area contributed by atoms with Crippen LogP contribution in [0.3, 0.4) is 0 Å². The van der Waals surface area contributed by atoms with Crippen LogP contribution in [-0.2, 0) is 6.54 Å². The first-order valence-electron chi connectivity index (χ1n) is 6.46. The van der Waals surface area contributed by atoms with Crippen LogP contribution in [-0.4, -0.2) is 6.04 Å². The topological polar surface area (TPSA) is 12.0 Å². The summed E-state index contributed by atoms with van der Waals surface area (Å²) in [5, 5.41) is 4.38. The summed E-state index contributed by atoms with van der Waals surface area (Å²) in [5.74, 6) is 0.673. The van der Waals surface area contributed by atoms with Gasteiger partial charge in [0.05, 0.1) is 0 Å². The second kappa shape index (κ2) is 5.66. The average molecular weight is 337 g/mol. The molecule has 0 aromatic heterocycles. The Hall–Kier alpha value is -0.830. The van der Waals surface area contributed by atoms with Gasteiger partial charge in [0.15, 0.2) is 0 Å². The Bertz CT molecular complexity index is 570. The Morgan fingerprint density at radius 2 is 1.95 bits per heavy atom. The Morgan fingerprint density at radius 3 is 2.68 bits per heavy atom. The molecule has 98 valence electrons. The first-order valence-corrected chi connectivity index (χ1v) is 7.63. The minimum absolute atomic E-state index is 0.602. The van der Waals surface area contributed by atoms with Gasteiger partial charge in [-0.3, -0.25) is 0 Å². The summed E-state index contributed by atoms with van der Waals surface area (Å²) >= 11 is 9.50. The lowest BCUT2D eigenvalue weighted by atomic mass is 10.1. The van der Waals surface area contributed by atoms with Crippen molar-refractivity contribution in [3.05, 3.63) is 69.2 Å². The highest BCUT2D eigenvalue weighted by molar-refractivity contribution is 9.10. The third kappa shape index (κ3) is 3.19. The van der Waals surface area contributed by atoms with Crippen LogP contribution in [0.2, 0.25) is 5.02 Å². The molecule has 0 amide bonds. The third-order valence-electron chi connectivity index (χ3n) is 3.59. The molecular formula is C16H15BrClN. The Balaban J connectivity index is 1.57. The van der Waals surface area contributed by atoms with Crippen molar-refractivity contribution in [2.75, 3.05) is 0 Å². The molecule has 0 heterocycles. The van der Waals surface area contributed by atoms with E-state index in [0.29, 0.717) is 12.0 Å². The van der Waals surface area contributed by atoms with E-state index in [9.17, 15) is 0 Å². The van der Waals surface area contributed by atoms with Crippen LogP contribution in [0, 0.1) is 0 Å². The van der Waals surface area contributed by atoms with E-state index in [1.54, 1.807) is 0 Å². The lowest BCUT2D eigenvalue weighted by Crippen LogP contribution is -2.17. The molecule has 3 rings (SSSR count). The molecule has 2 atom stereocenters. The fourth-order valence-corrected chi connectivity index (χ4v) is 3.22. The van der Waals surface area contributed by atoms with Gasteiger partial charge in [-0.05, 0) is 29.7 Å². The quantitative estimate of drug-likeness (QED) is 0.849. The summed E-state index contributed by atoms with van der Waals surface area (Å²) in [7, 11) is 0. The van der Waals surface area contributed by atoms with Crippen molar-refractivity contribution in [3.63, 3.8) is 0 Å². The number of hydrogen-bond acceptors (Lipinski definition) is 1. The normalized spacial score (nSPS) is 21.4. The molecule has 1 N–H and O–H groups in total. The van der Waals surface area contributed by atoms with E-state index in [-0.39, 0.29) is 0 Å². The van der Waals surface area contributed by atoms with Crippen molar-refractivity contribution in [2.45, 2.75) is 24.9 Å². The molecule has 1 saturated carbocycles. The van der Waals surface area contributed by atoms with Gasteiger partial charge in [0.1, 0.15) is 0 Å². The Kier molecular flexibility index (Phi) is 3.92. The summed E-state index contributed by atoms with van der Waals surface area (Å²) in [6.45, 7) is 0.881. The first-order chi connectivity index (χ1) is 9.24. The molecular weight excluding hydrogens is 322 g/mol. The molecule has 0 aliphatic heterocycles. The van der Waals surface area contributed by atoms with Crippen molar-refractivity contribution in [1.82, 2.24) is 5.32 Å². The smallest absolute Gasteiger partial charge is 0.0417 e. The summed E-state index contributed by atoms with van der Waals surface area (Å²) in [4.78, 5) is 0. The summed E-state index contributed by atoms with van der Waals surface area (Å²) in [6, 6.07) is 17.3. The summed E-state index contributed by atoms with van der Waals surface area (Å²) < 4.78 is 1.07. The fourth-order valence-electron chi connectivity index (χ4n) is 2.40. The molecule has 1 aliphatic rings. The molecule has 2 unspecified atom stereocenters. The number of halogens is 2. The predicted molar refractivity (Wildman–Crippen MR) is 83.6 cm³/mol. The fraction of sp³-hybridized carbons (Fsp3) is 0.250. The highest BCUT2D eigenvalue weighted by Gasteiger charge is 2.37. The van der Waals surface area contributed by atoms with Crippen LogP contribution in [0.5, 0.6) is 0 Å². The molecule has 0 bridgehead atoms. The van der Waals surface area contributed by atoms with Crippen molar-refractivity contribution >= 4 is 27.5 Å². The first kappa shape index (κ1) is 13.2. The van der Waals surface area contributed by atoms with Crippen LogP contribution in [0.15, 0.2) is 53.0 Å². The second-order valence-corrected chi connectivity index (χ2v) is 6.27. The predicted octanol–water partition coefficient (Wildman–Crippen LogP) is 4.75. The molecule has 0 radical (unpaired) electrons. The Morgan fingerprint density at radius 1 is 1.16 bits per heavy atom. The summed E-state index contributed by atoms with van der Waals surface area (Å²) in [6.07, 6.45) is 1.23. The van der Waals surface area contributed by atoms with E-state index in [1.807, 2.05) is 12.1 Å². The lowest BCUT2D eigenvalue weighted by molar-refractivity contribution is 0.671. The lowest BCUT2D eigenvalue weighted by Gasteiger charge is -2.07. The zero-order valence-electron chi connectivity index (χ0n) is 10.4. The van der Waals surface area contributed by atoms with E-state index in [0.717, 1.165) is 16.0 Å². The highest BCUT2D eigenvalue weighted by atomic mass is 79.9. The molecule has 1 aliphatic carbocycles. The van der Waals surface area contributed by atoms with Crippen molar-refractivity contribution in [1.29, 1.82) is 0 Å². The zero-order chi connectivity index (χ0) is 13.2. The van der Waals surface area contributed by atoms with Gasteiger partial charge < -0.3 is 5.32 Å². The van der Waals surface area contributed by atoms with E-state index >= 15 is 0 Å². The van der Waals surface area contributed by atoms with Gasteiger partial charge in [-0.2, -0.15) is 0 Å². The SMILES string of the molecule is Clc1ccc(CNC2CC2c2ccccc2)c(Br)c1. The van der Waals surface area contributed by atoms with Gasteiger partial charge in [-0.1, -0.05) is 63.9 Å². The van der Waals surface area contributed by atoms with Crippen molar-refractivity contribution in [2.24, 2.45) is 0 Å². The Labute approximate surface area is 127 Å². The van der Waals surface area contributed by atoms with E-state index < -0.39 is 0 Å². The van der Waals surface area contributed by atoms with E-state index in [2.05, 4.69) is 57.6 Å². The maximum atomic E-state index is 5.94. The monoisotopic (exact) mass is 335 g/mol. The standard InChI is InChI=1S/C16H15BrClN/c17-15-8-13(18)7-6-12(15)10-19-16-9-14(16)11-4-2-1-3-5-11/h1-8,14,16,19H,9-10H2. The average Bonchev–Trinajstić information content (AvgIpc) is 3.18. The van der Waals surface area contributed by atoms with Crippen molar-refractivity contribution < 1.29 is 0 Å². The second-order valence-electron chi connectivity index (χ2n) is 4.98. The third-order valence-corrected chi connectivity index (χ3v) is 4.56. The molecule has 2 aromatic rings. The van der Waals surface area contributed by atoms with Gasteiger partial charge >= 0.3 is 0 Å². The van der Waals surface area contributed by atoms with Gasteiger partial charge in [0.25, 0.3) is 0 Å². The molecule has 1 fully saturated rings. The largest absolute Gasteiger partial charge is 0.309 e. The van der Waals surface area contributed by atoms with Gasteiger partial charge in [0.2, 0.25) is 0 Å². The van der Waals surface area contributed by atoms with Gasteiger partial charge in [0, 0.05) is 28.0 Å². The van der Waals surface area contributed by atoms with Crippen LogP contribution in [0.1, 0.15) is 23.5 Å². The van der Waals surface area contributed by atoms with Crippen LogP contribution in [0.25, 0.3) is 0 Å². The minimum atomic E-state index is 0.602. The number of rotatable bonds is 4. The molecule has 3 heteroatoms. The number of hydrogen-bond donors (Lipinski definition) is 1. The molecule has 0 spiro atoms. The zero-order valence-corrected chi connectivity index (χ0v) is 12.8. The number of nitrogens with one attached hydrogen (secondary N) is 1. The molecule has 1 nitrogen and oxygen atoms in total. The van der Waals surface area contributed by atoms with Gasteiger partial charge in [-0.25, -0.2) is 0 Å². The molecule has 19 heavy (non-hydrogen) atoms. The van der Waals surface area contributed by atoms with Crippen molar-refractivity contribution in [3.8, 4) is 0 Å². The van der Waals surface area contributed by atoms with Crippen LogP contribution >= 0.6 is 27.5 Å². The maximum absolute atomic E-state index is 5.94. The molecule has 0 saturated heterocycles. The summed E-state index contributed by atoms with van der Waals surface area (Å²) in [5.41, 5.74) is 2.69. The number of benzene rings is 2. The minimum Gasteiger partial charge on any atom is -0.309 e. The van der Waals surface area contributed by atoms with Crippen LogP contribution in [0.4, 0.5) is 0 Å². The van der Waals surface area contributed by atoms with E-state index in [4.69, 9.17) is 11.6 Å². The van der Waals surface area contributed by atoms with Gasteiger partial charge in [-0.15, -0.1) is 0 Å². The van der Waals surface area contributed by atoms with Crippen LogP contribution < -0.4 is 5.32 Å². The molecule has 2 aromatic carbocycles. The highest BCUT2D eigenvalue weighted by Crippen LogP contribution is 2.40. The van der Waals surface area contributed by atoms with E-state index in [1.165, 1.54) is 17.5 Å².